The maximum absolute atomic E-state index is 5.40. The summed E-state index contributed by atoms with van der Waals surface area (Å²) in [6.07, 6.45) is 3.16. The molecule has 112 valence electrons. The van der Waals surface area contributed by atoms with Gasteiger partial charge in [0.2, 0.25) is 0 Å². The smallest absolute Gasteiger partial charge is 0.119 e. The van der Waals surface area contributed by atoms with Gasteiger partial charge in [-0.15, -0.1) is 0 Å². The van der Waals surface area contributed by atoms with Crippen molar-refractivity contribution in [3.8, 4) is 5.75 Å². The van der Waals surface area contributed by atoms with Crippen LogP contribution in [0.4, 0.5) is 0 Å². The quantitative estimate of drug-likeness (QED) is 0.542. The molecular formula is C16H24O4. The van der Waals surface area contributed by atoms with Crippen LogP contribution in [0.15, 0.2) is 30.3 Å². The van der Waals surface area contributed by atoms with Crippen LogP contribution >= 0.6 is 0 Å². The summed E-state index contributed by atoms with van der Waals surface area (Å²) < 4.78 is 20.6. The topological polar surface area (TPSA) is 43.5 Å². The molecule has 0 spiro atoms. The molecule has 0 radical (unpaired) electrons. The highest BCUT2D eigenvalue weighted by Crippen LogP contribution is 2.13. The molecule has 2 unspecified atom stereocenters. The Hall–Kier alpha value is -1.10. The Bertz CT molecular complexity index is 347. The van der Waals surface area contributed by atoms with Crippen molar-refractivity contribution >= 4 is 0 Å². The van der Waals surface area contributed by atoms with Gasteiger partial charge < -0.3 is 18.9 Å². The Balaban J connectivity index is 0.000000151. The first kappa shape index (κ1) is 15.3. The lowest BCUT2D eigenvalue weighted by Gasteiger charge is -2.01. The fraction of sp³-hybridized carbons (Fsp3) is 0.625. The fourth-order valence-electron chi connectivity index (χ4n) is 1.50. The van der Waals surface area contributed by atoms with E-state index >= 15 is 0 Å². The van der Waals surface area contributed by atoms with E-state index in [0.717, 1.165) is 32.2 Å². The number of para-hydroxylation sites is 1. The third-order valence-electron chi connectivity index (χ3n) is 2.93. The van der Waals surface area contributed by atoms with Crippen molar-refractivity contribution in [3.05, 3.63) is 30.3 Å². The standard InChI is InChI=1S/C9H10O2.C7H14O2/c1-2-4-8(5-3-1)10-6-9-7-11-9;1-2-3-4-8-5-7-6-9-7/h1-5,9H,6-7H2;7H,2-6H2,1H3. The summed E-state index contributed by atoms with van der Waals surface area (Å²) in [6, 6.07) is 9.79. The SMILES string of the molecule is CCCCOCC1CO1.c1ccc(OCC2CO2)cc1. The third-order valence-corrected chi connectivity index (χ3v) is 2.93. The van der Waals surface area contributed by atoms with Crippen LogP contribution in [0, 0.1) is 0 Å². The number of hydrogen-bond acceptors (Lipinski definition) is 4. The number of hydrogen-bond donors (Lipinski definition) is 0. The first-order chi connectivity index (χ1) is 9.88. The molecule has 0 saturated carbocycles. The molecule has 4 heteroatoms. The van der Waals surface area contributed by atoms with Crippen molar-refractivity contribution in [2.45, 2.75) is 32.0 Å². The van der Waals surface area contributed by atoms with Crippen LogP contribution in [0.25, 0.3) is 0 Å². The van der Waals surface area contributed by atoms with Crippen LogP contribution in [0.3, 0.4) is 0 Å². The van der Waals surface area contributed by atoms with Crippen LogP contribution in [-0.4, -0.2) is 45.2 Å². The Morgan fingerprint density at radius 3 is 2.30 bits per heavy atom. The molecule has 2 aliphatic heterocycles. The summed E-state index contributed by atoms with van der Waals surface area (Å²) >= 11 is 0. The Kier molecular flexibility index (Phi) is 6.84. The van der Waals surface area contributed by atoms with Crippen LogP contribution in [0.2, 0.25) is 0 Å². The minimum absolute atomic E-state index is 0.343. The van der Waals surface area contributed by atoms with Gasteiger partial charge in [-0.1, -0.05) is 31.5 Å². The van der Waals surface area contributed by atoms with E-state index in [1.54, 1.807) is 0 Å². The summed E-state index contributed by atoms with van der Waals surface area (Å²) in [4.78, 5) is 0. The van der Waals surface area contributed by atoms with Crippen molar-refractivity contribution in [2.75, 3.05) is 33.0 Å². The largest absolute Gasteiger partial charge is 0.491 e. The number of rotatable bonds is 8. The molecule has 2 aliphatic rings. The van der Waals surface area contributed by atoms with Gasteiger partial charge in [0.25, 0.3) is 0 Å². The van der Waals surface area contributed by atoms with Crippen molar-refractivity contribution in [3.63, 3.8) is 0 Å². The van der Waals surface area contributed by atoms with Crippen LogP contribution in [-0.2, 0) is 14.2 Å². The number of epoxide rings is 2. The maximum atomic E-state index is 5.40. The van der Waals surface area contributed by atoms with Crippen LogP contribution in [0.1, 0.15) is 19.8 Å². The molecule has 3 rings (SSSR count). The molecule has 4 nitrogen and oxygen atoms in total. The molecular weight excluding hydrogens is 256 g/mol. The average molecular weight is 280 g/mol. The minimum atomic E-state index is 0.343. The molecule has 0 aromatic heterocycles. The van der Waals surface area contributed by atoms with Gasteiger partial charge in [-0.25, -0.2) is 0 Å². The van der Waals surface area contributed by atoms with Crippen molar-refractivity contribution in [1.29, 1.82) is 0 Å². The Labute approximate surface area is 121 Å². The van der Waals surface area contributed by atoms with E-state index in [1.165, 1.54) is 12.8 Å². The molecule has 20 heavy (non-hydrogen) atoms. The first-order valence-corrected chi connectivity index (χ1v) is 7.37. The maximum Gasteiger partial charge on any atom is 0.119 e. The zero-order chi connectivity index (χ0) is 14.0. The Morgan fingerprint density at radius 2 is 1.70 bits per heavy atom. The predicted molar refractivity (Wildman–Crippen MR) is 77.1 cm³/mol. The molecule has 2 saturated heterocycles. The van der Waals surface area contributed by atoms with Gasteiger partial charge in [0.15, 0.2) is 0 Å². The third kappa shape index (κ3) is 7.48. The van der Waals surface area contributed by atoms with Gasteiger partial charge in [-0.3, -0.25) is 0 Å². The minimum Gasteiger partial charge on any atom is -0.491 e. The highest BCUT2D eigenvalue weighted by molar-refractivity contribution is 5.20. The zero-order valence-electron chi connectivity index (χ0n) is 12.1. The van der Waals surface area contributed by atoms with E-state index in [-0.39, 0.29) is 0 Å². The Morgan fingerprint density at radius 1 is 1.05 bits per heavy atom. The van der Waals surface area contributed by atoms with Gasteiger partial charge in [0.1, 0.15) is 24.6 Å². The average Bonchev–Trinajstić information content (AvgIpc) is 3.38. The normalized spacial score (nSPS) is 22.6. The second kappa shape index (κ2) is 8.95. The highest BCUT2D eigenvalue weighted by atomic mass is 16.6. The lowest BCUT2D eigenvalue weighted by molar-refractivity contribution is 0.114. The summed E-state index contributed by atoms with van der Waals surface area (Å²) in [7, 11) is 0. The highest BCUT2D eigenvalue weighted by Gasteiger charge is 2.23. The zero-order valence-corrected chi connectivity index (χ0v) is 12.1. The van der Waals surface area contributed by atoms with Gasteiger partial charge in [0.05, 0.1) is 19.8 Å². The molecule has 1 aromatic carbocycles. The fourth-order valence-corrected chi connectivity index (χ4v) is 1.50. The molecule has 0 N–H and O–H groups in total. The second-order valence-corrected chi connectivity index (χ2v) is 4.96. The van der Waals surface area contributed by atoms with Gasteiger partial charge in [-0.05, 0) is 18.6 Å². The van der Waals surface area contributed by atoms with Crippen LogP contribution in [0.5, 0.6) is 5.75 Å². The van der Waals surface area contributed by atoms with E-state index in [1.807, 2.05) is 30.3 Å². The lowest BCUT2D eigenvalue weighted by atomic mass is 10.3. The van der Waals surface area contributed by atoms with E-state index in [9.17, 15) is 0 Å². The van der Waals surface area contributed by atoms with Gasteiger partial charge >= 0.3 is 0 Å². The lowest BCUT2D eigenvalue weighted by Crippen LogP contribution is -2.03. The van der Waals surface area contributed by atoms with Crippen molar-refractivity contribution in [2.24, 2.45) is 0 Å². The second-order valence-electron chi connectivity index (χ2n) is 4.96. The molecule has 2 fully saturated rings. The van der Waals surface area contributed by atoms with Gasteiger partial charge in [-0.2, -0.15) is 0 Å². The van der Waals surface area contributed by atoms with Crippen molar-refractivity contribution < 1.29 is 18.9 Å². The van der Waals surface area contributed by atoms with Crippen molar-refractivity contribution in [1.82, 2.24) is 0 Å². The monoisotopic (exact) mass is 280 g/mol. The van der Waals surface area contributed by atoms with Gasteiger partial charge in [0, 0.05) is 6.61 Å². The predicted octanol–water partition coefficient (Wildman–Crippen LogP) is 2.67. The number of ether oxygens (including phenoxy) is 4. The molecule has 2 atom stereocenters. The van der Waals surface area contributed by atoms with E-state index in [0.29, 0.717) is 18.8 Å². The first-order valence-electron chi connectivity index (χ1n) is 7.37. The molecule has 0 amide bonds. The number of benzene rings is 1. The molecule has 2 heterocycles. The summed E-state index contributed by atoms with van der Waals surface area (Å²) in [5.74, 6) is 0.919. The molecule has 0 aliphatic carbocycles. The van der Waals surface area contributed by atoms with E-state index < -0.39 is 0 Å². The molecule has 0 bridgehead atoms. The van der Waals surface area contributed by atoms with E-state index in [4.69, 9.17) is 18.9 Å². The summed E-state index contributed by atoms with van der Waals surface area (Å²) in [5.41, 5.74) is 0. The van der Waals surface area contributed by atoms with Crippen LogP contribution < -0.4 is 4.74 Å². The summed E-state index contributed by atoms with van der Waals surface area (Å²) in [5, 5.41) is 0. The number of unbranched alkanes of at least 4 members (excludes halogenated alkanes) is 1. The van der Waals surface area contributed by atoms with E-state index in [2.05, 4.69) is 6.92 Å². The molecule has 1 aromatic rings. The summed E-state index contributed by atoms with van der Waals surface area (Å²) in [6.45, 7) is 6.32.